The fourth-order valence-electron chi connectivity index (χ4n) is 2.95. The molecule has 0 spiro atoms. The van der Waals surface area contributed by atoms with Gasteiger partial charge >= 0.3 is 0 Å². The Kier molecular flexibility index (Phi) is 3.98. The maximum atomic E-state index is 6.88. The van der Waals surface area contributed by atoms with E-state index in [1.54, 1.807) is 0 Å². The molecule has 3 rings (SSSR count). The molecule has 21 heavy (non-hydrogen) atoms. The summed E-state index contributed by atoms with van der Waals surface area (Å²) in [5.74, 6) is 0.275. The molecule has 0 aromatic heterocycles. The Morgan fingerprint density at radius 1 is 0.810 bits per heavy atom. The summed E-state index contributed by atoms with van der Waals surface area (Å²) in [5.41, 5.74) is 3.80. The molecule has 3 aromatic rings. The average Bonchev–Trinajstić information content (AvgIpc) is 2.54. The van der Waals surface area contributed by atoms with E-state index in [1.165, 1.54) is 27.5 Å². The minimum atomic E-state index is -0.0292. The second kappa shape index (κ2) is 5.91. The molecule has 0 fully saturated rings. The number of hydrogen-bond donors (Lipinski definition) is 0. The smallest absolute Gasteiger partial charge is 0.0659 e. The molecule has 0 amide bonds. The first-order chi connectivity index (χ1) is 10.2. The van der Waals surface area contributed by atoms with Crippen molar-refractivity contribution in [1.82, 2.24) is 0 Å². The summed E-state index contributed by atoms with van der Waals surface area (Å²) in [7, 11) is 0. The standard InChI is InChI=1S/C20H19Cl/c1-14-12-13-17-10-6-7-11-18(17)19(14)20(21)15(2)16-8-4-3-5-9-16/h3-13,15,20H,1-2H3. The molecule has 3 aromatic carbocycles. The van der Waals surface area contributed by atoms with Crippen LogP contribution in [-0.4, -0.2) is 0 Å². The van der Waals surface area contributed by atoms with Crippen molar-refractivity contribution in [2.45, 2.75) is 25.1 Å². The quantitative estimate of drug-likeness (QED) is 0.502. The zero-order valence-corrected chi connectivity index (χ0v) is 13.1. The van der Waals surface area contributed by atoms with Gasteiger partial charge in [-0.05, 0) is 34.4 Å². The SMILES string of the molecule is Cc1ccc2ccccc2c1C(Cl)C(C)c1ccccc1. The maximum Gasteiger partial charge on any atom is 0.0659 e. The van der Waals surface area contributed by atoms with Crippen molar-refractivity contribution in [3.05, 3.63) is 83.4 Å². The molecule has 2 unspecified atom stereocenters. The van der Waals surface area contributed by atoms with Crippen LogP contribution in [0.25, 0.3) is 10.8 Å². The van der Waals surface area contributed by atoms with Gasteiger partial charge in [-0.2, -0.15) is 0 Å². The molecule has 0 nitrogen and oxygen atoms in total. The van der Waals surface area contributed by atoms with Gasteiger partial charge in [0.2, 0.25) is 0 Å². The third-order valence-corrected chi connectivity index (χ3v) is 4.82. The molecule has 0 aliphatic heterocycles. The first-order valence-electron chi connectivity index (χ1n) is 7.35. The van der Waals surface area contributed by atoms with Crippen LogP contribution in [0.5, 0.6) is 0 Å². The molecule has 0 saturated carbocycles. The number of halogens is 1. The lowest BCUT2D eigenvalue weighted by atomic mass is 9.88. The second-order valence-corrected chi connectivity index (χ2v) is 6.09. The number of benzene rings is 3. The summed E-state index contributed by atoms with van der Waals surface area (Å²) in [5, 5.41) is 2.49. The Balaban J connectivity index is 2.09. The molecular formula is C20H19Cl. The number of rotatable bonds is 3. The van der Waals surface area contributed by atoms with E-state index in [-0.39, 0.29) is 11.3 Å². The van der Waals surface area contributed by atoms with Crippen molar-refractivity contribution in [2.24, 2.45) is 0 Å². The van der Waals surface area contributed by atoms with Gasteiger partial charge in [-0.3, -0.25) is 0 Å². The minimum absolute atomic E-state index is 0.0292. The van der Waals surface area contributed by atoms with Crippen LogP contribution in [0.1, 0.15) is 34.9 Å². The van der Waals surface area contributed by atoms with Gasteiger partial charge < -0.3 is 0 Å². The number of alkyl halides is 1. The van der Waals surface area contributed by atoms with E-state index in [4.69, 9.17) is 11.6 Å². The van der Waals surface area contributed by atoms with E-state index in [1.807, 2.05) is 6.07 Å². The fourth-order valence-corrected chi connectivity index (χ4v) is 3.38. The van der Waals surface area contributed by atoms with Crippen molar-refractivity contribution in [2.75, 3.05) is 0 Å². The Morgan fingerprint density at radius 2 is 1.48 bits per heavy atom. The largest absolute Gasteiger partial charge is 0.117 e. The van der Waals surface area contributed by atoms with Crippen LogP contribution >= 0.6 is 11.6 Å². The summed E-state index contributed by atoms with van der Waals surface area (Å²) >= 11 is 6.88. The number of hydrogen-bond acceptors (Lipinski definition) is 0. The Morgan fingerprint density at radius 3 is 2.24 bits per heavy atom. The van der Waals surface area contributed by atoms with E-state index < -0.39 is 0 Å². The highest BCUT2D eigenvalue weighted by atomic mass is 35.5. The van der Waals surface area contributed by atoms with Gasteiger partial charge in [-0.1, -0.05) is 73.7 Å². The van der Waals surface area contributed by atoms with Crippen molar-refractivity contribution in [3.63, 3.8) is 0 Å². The highest BCUT2D eigenvalue weighted by Crippen LogP contribution is 2.40. The van der Waals surface area contributed by atoms with Crippen LogP contribution in [0.3, 0.4) is 0 Å². The molecule has 0 bridgehead atoms. The molecular weight excluding hydrogens is 276 g/mol. The molecule has 0 saturated heterocycles. The predicted molar refractivity (Wildman–Crippen MR) is 92.1 cm³/mol. The minimum Gasteiger partial charge on any atom is -0.117 e. The molecule has 106 valence electrons. The van der Waals surface area contributed by atoms with Crippen LogP contribution in [0, 0.1) is 6.92 Å². The van der Waals surface area contributed by atoms with E-state index in [2.05, 4.69) is 74.5 Å². The zero-order chi connectivity index (χ0) is 14.8. The predicted octanol–water partition coefficient (Wildman–Crippen LogP) is 6.23. The normalized spacial score (nSPS) is 14.0. The summed E-state index contributed by atoms with van der Waals surface area (Å²) in [6.45, 7) is 4.35. The summed E-state index contributed by atoms with van der Waals surface area (Å²) in [6.07, 6.45) is 0. The van der Waals surface area contributed by atoms with Crippen LogP contribution < -0.4 is 0 Å². The Labute approximate surface area is 131 Å². The Hall–Kier alpha value is -1.79. The summed E-state index contributed by atoms with van der Waals surface area (Å²) in [4.78, 5) is 0. The molecule has 0 N–H and O–H groups in total. The molecule has 0 aliphatic rings. The zero-order valence-electron chi connectivity index (χ0n) is 12.4. The summed E-state index contributed by atoms with van der Waals surface area (Å²) < 4.78 is 0. The molecule has 0 radical (unpaired) electrons. The third-order valence-electron chi connectivity index (χ3n) is 4.23. The molecule has 1 heteroatoms. The van der Waals surface area contributed by atoms with Crippen LogP contribution in [0.15, 0.2) is 66.7 Å². The van der Waals surface area contributed by atoms with E-state index in [0.717, 1.165) is 0 Å². The van der Waals surface area contributed by atoms with Gasteiger partial charge in [-0.15, -0.1) is 11.6 Å². The monoisotopic (exact) mass is 294 g/mol. The molecule has 2 atom stereocenters. The van der Waals surface area contributed by atoms with E-state index in [9.17, 15) is 0 Å². The van der Waals surface area contributed by atoms with E-state index in [0.29, 0.717) is 0 Å². The number of aryl methyl sites for hydroxylation is 1. The molecule has 0 heterocycles. The van der Waals surface area contributed by atoms with Crippen LogP contribution in [0.4, 0.5) is 0 Å². The summed E-state index contributed by atoms with van der Waals surface area (Å²) in [6, 6.07) is 23.3. The van der Waals surface area contributed by atoms with Crippen molar-refractivity contribution < 1.29 is 0 Å². The van der Waals surface area contributed by atoms with Gasteiger partial charge in [0.25, 0.3) is 0 Å². The highest BCUT2D eigenvalue weighted by molar-refractivity contribution is 6.22. The van der Waals surface area contributed by atoms with Crippen molar-refractivity contribution >= 4 is 22.4 Å². The topological polar surface area (TPSA) is 0 Å². The van der Waals surface area contributed by atoms with E-state index >= 15 is 0 Å². The third kappa shape index (κ3) is 2.69. The van der Waals surface area contributed by atoms with Gasteiger partial charge in [0.05, 0.1) is 5.38 Å². The van der Waals surface area contributed by atoms with Crippen molar-refractivity contribution in [1.29, 1.82) is 0 Å². The maximum absolute atomic E-state index is 6.88. The highest BCUT2D eigenvalue weighted by Gasteiger charge is 2.21. The Bertz CT molecular complexity index is 746. The van der Waals surface area contributed by atoms with Crippen LogP contribution in [-0.2, 0) is 0 Å². The second-order valence-electron chi connectivity index (χ2n) is 5.62. The van der Waals surface area contributed by atoms with Crippen molar-refractivity contribution in [3.8, 4) is 0 Å². The first-order valence-corrected chi connectivity index (χ1v) is 7.79. The number of fused-ring (bicyclic) bond motifs is 1. The fraction of sp³-hybridized carbons (Fsp3) is 0.200. The van der Waals surface area contributed by atoms with Gasteiger partial charge in [-0.25, -0.2) is 0 Å². The van der Waals surface area contributed by atoms with Crippen LogP contribution in [0.2, 0.25) is 0 Å². The first kappa shape index (κ1) is 14.2. The lowest BCUT2D eigenvalue weighted by molar-refractivity contribution is 0.732. The average molecular weight is 295 g/mol. The van der Waals surface area contributed by atoms with Gasteiger partial charge in [0.15, 0.2) is 0 Å². The molecule has 0 aliphatic carbocycles. The van der Waals surface area contributed by atoms with Gasteiger partial charge in [0, 0.05) is 5.92 Å². The lowest BCUT2D eigenvalue weighted by Gasteiger charge is -2.22. The lowest BCUT2D eigenvalue weighted by Crippen LogP contribution is -2.05. The van der Waals surface area contributed by atoms with Gasteiger partial charge in [0.1, 0.15) is 0 Å².